The molecule has 1 heterocycles. The first-order valence-electron chi connectivity index (χ1n) is 15.6. The molecule has 0 bridgehead atoms. The number of nitrogens with zero attached hydrogens (tertiary/aromatic N) is 1. The van der Waals surface area contributed by atoms with Gasteiger partial charge >= 0.3 is 0 Å². The van der Waals surface area contributed by atoms with Gasteiger partial charge in [-0.1, -0.05) is 59.1 Å². The standard InChI is InChI=1S/C20H33N3O3.C5H7NO2.C4H11N.C2H6.CH2Cl2/c1-3-4-9-15(2)22-19(25)17-12-8-13-23(17)20(26)18(21-14-24)16-10-6-5-7-11-16;1-2-3-6-5(8)4-7;1-4(2)5-3;1-2;2-1-3/h3,14-18H,1,4-13H2,2H3,(H,21,24)(H,22,25);2,4H,1,3H2,(H,6,8);4-5H,1-3H3;1-2H3;1H2. The molecule has 1 aliphatic heterocycles. The van der Waals surface area contributed by atoms with Gasteiger partial charge in [-0.2, -0.15) is 0 Å². The fourth-order valence-electron chi connectivity index (χ4n) is 4.43. The van der Waals surface area contributed by atoms with Crippen molar-refractivity contribution >= 4 is 53.6 Å². The second-order valence-electron chi connectivity index (χ2n) is 10.3. The molecular formula is C32H59Cl2N5O5. The summed E-state index contributed by atoms with van der Waals surface area (Å²) in [5.41, 5.74) is 0. The fraction of sp³-hybridized carbons (Fsp3) is 0.719. The van der Waals surface area contributed by atoms with Gasteiger partial charge in [-0.15, -0.1) is 36.4 Å². The van der Waals surface area contributed by atoms with Crippen LogP contribution in [0.15, 0.2) is 25.3 Å². The third-order valence-electron chi connectivity index (χ3n) is 6.77. The number of likely N-dealkylation sites (tertiary alicyclic amines) is 1. The van der Waals surface area contributed by atoms with Crippen molar-refractivity contribution in [3.63, 3.8) is 0 Å². The van der Waals surface area contributed by atoms with Gasteiger partial charge in [0.25, 0.3) is 5.91 Å². The number of nitrogens with one attached hydrogen (secondary N) is 4. The van der Waals surface area contributed by atoms with Crippen LogP contribution in [0.1, 0.15) is 92.4 Å². The Morgan fingerprint density at radius 3 is 1.98 bits per heavy atom. The first-order chi connectivity index (χ1) is 21.1. The van der Waals surface area contributed by atoms with Crippen LogP contribution in [0.2, 0.25) is 0 Å². The van der Waals surface area contributed by atoms with Crippen LogP contribution in [0.4, 0.5) is 0 Å². The van der Waals surface area contributed by atoms with Gasteiger partial charge in [0.15, 0.2) is 0 Å². The molecule has 44 heavy (non-hydrogen) atoms. The van der Waals surface area contributed by atoms with Crippen LogP contribution >= 0.6 is 23.2 Å². The zero-order valence-electron chi connectivity index (χ0n) is 27.8. The summed E-state index contributed by atoms with van der Waals surface area (Å²) in [6.45, 7) is 18.2. The number of alkyl halides is 2. The van der Waals surface area contributed by atoms with E-state index in [9.17, 15) is 24.0 Å². The Morgan fingerprint density at radius 2 is 1.52 bits per heavy atom. The van der Waals surface area contributed by atoms with Gasteiger partial charge in [0.2, 0.25) is 24.5 Å². The predicted octanol–water partition coefficient (Wildman–Crippen LogP) is 4.69. The van der Waals surface area contributed by atoms with Crippen molar-refractivity contribution in [3.05, 3.63) is 25.3 Å². The van der Waals surface area contributed by atoms with Crippen molar-refractivity contribution in [2.45, 2.75) is 117 Å². The molecule has 0 aromatic heterocycles. The average molecular weight is 665 g/mol. The van der Waals surface area contributed by atoms with Gasteiger partial charge in [0.05, 0.1) is 5.34 Å². The number of carbonyl (C=O) groups is 5. The second kappa shape index (κ2) is 32.0. The third kappa shape index (κ3) is 23.0. The van der Waals surface area contributed by atoms with E-state index in [0.29, 0.717) is 32.0 Å². The number of amides is 4. The molecule has 1 saturated heterocycles. The summed E-state index contributed by atoms with van der Waals surface area (Å²) >= 11 is 9.53. The monoisotopic (exact) mass is 663 g/mol. The summed E-state index contributed by atoms with van der Waals surface area (Å²) in [4.78, 5) is 58.2. The van der Waals surface area contributed by atoms with Crippen LogP contribution in [0, 0.1) is 5.92 Å². The van der Waals surface area contributed by atoms with Crippen LogP contribution in [-0.2, 0) is 24.0 Å². The Kier molecular flexibility index (Phi) is 33.4. The maximum absolute atomic E-state index is 13.1. The zero-order chi connectivity index (χ0) is 34.3. The lowest BCUT2D eigenvalue weighted by Gasteiger charge is -2.34. The fourth-order valence-corrected chi connectivity index (χ4v) is 4.43. The third-order valence-corrected chi connectivity index (χ3v) is 6.77. The molecule has 2 rings (SSSR count). The minimum absolute atomic E-state index is 0.0558. The molecule has 1 saturated carbocycles. The number of hydrogen-bond donors (Lipinski definition) is 4. The molecule has 0 aromatic rings. The highest BCUT2D eigenvalue weighted by molar-refractivity contribution is 6.40. The molecule has 0 spiro atoms. The maximum atomic E-state index is 13.1. The van der Waals surface area contributed by atoms with E-state index in [-0.39, 0.29) is 35.4 Å². The van der Waals surface area contributed by atoms with E-state index in [1.54, 1.807) is 4.90 Å². The van der Waals surface area contributed by atoms with E-state index in [1.807, 2.05) is 33.9 Å². The Labute approximate surface area is 276 Å². The predicted molar refractivity (Wildman–Crippen MR) is 183 cm³/mol. The van der Waals surface area contributed by atoms with E-state index in [4.69, 9.17) is 23.2 Å². The largest absolute Gasteiger partial charge is 0.352 e. The first-order valence-corrected chi connectivity index (χ1v) is 16.7. The average Bonchev–Trinajstić information content (AvgIpc) is 3.54. The topological polar surface area (TPSA) is 137 Å². The van der Waals surface area contributed by atoms with Crippen molar-refractivity contribution < 1.29 is 24.0 Å². The molecule has 3 atom stereocenters. The number of halogens is 2. The summed E-state index contributed by atoms with van der Waals surface area (Å²) in [6, 6.07) is -0.233. The highest BCUT2D eigenvalue weighted by atomic mass is 35.5. The molecule has 4 amide bonds. The maximum Gasteiger partial charge on any atom is 0.284 e. The lowest BCUT2D eigenvalue weighted by Crippen LogP contribution is -2.55. The van der Waals surface area contributed by atoms with E-state index in [2.05, 4.69) is 48.3 Å². The van der Waals surface area contributed by atoms with E-state index < -0.39 is 18.0 Å². The second-order valence-corrected chi connectivity index (χ2v) is 11.1. The summed E-state index contributed by atoms with van der Waals surface area (Å²) in [6.07, 6.45) is 12.7. The van der Waals surface area contributed by atoms with Gasteiger partial charge in [-0.05, 0) is 58.4 Å². The quantitative estimate of drug-likeness (QED) is 0.0977. The van der Waals surface area contributed by atoms with Crippen molar-refractivity contribution in [1.29, 1.82) is 0 Å². The molecule has 1 aliphatic carbocycles. The molecule has 4 N–H and O–H groups in total. The molecule has 10 nitrogen and oxygen atoms in total. The van der Waals surface area contributed by atoms with Crippen molar-refractivity contribution in [2.24, 2.45) is 5.92 Å². The lowest BCUT2D eigenvalue weighted by atomic mass is 9.83. The SMILES string of the molecule is C=CCCC(C)NC(=O)C1CCCN1C(=O)C(NC=O)C1CCCCC1.C=CCNC(=O)C=O.CC.CNC(C)C.ClCCl. The van der Waals surface area contributed by atoms with Gasteiger partial charge in [0.1, 0.15) is 12.1 Å². The van der Waals surface area contributed by atoms with Crippen molar-refractivity contribution in [1.82, 2.24) is 26.2 Å². The smallest absolute Gasteiger partial charge is 0.284 e. The molecule has 2 fully saturated rings. The number of hydrogen-bond acceptors (Lipinski definition) is 6. The Bertz CT molecular complexity index is 795. The van der Waals surface area contributed by atoms with Crippen LogP contribution in [0.25, 0.3) is 0 Å². The van der Waals surface area contributed by atoms with Crippen LogP contribution in [-0.4, -0.2) is 85.0 Å². The van der Waals surface area contributed by atoms with E-state index in [1.165, 1.54) is 12.5 Å². The van der Waals surface area contributed by atoms with Gasteiger partial charge < -0.3 is 26.2 Å². The van der Waals surface area contributed by atoms with Crippen molar-refractivity contribution in [3.8, 4) is 0 Å². The van der Waals surface area contributed by atoms with E-state index in [0.717, 1.165) is 44.9 Å². The summed E-state index contributed by atoms with van der Waals surface area (Å²) in [7, 11) is 1.95. The molecule has 0 radical (unpaired) electrons. The van der Waals surface area contributed by atoms with Crippen LogP contribution in [0.5, 0.6) is 0 Å². The number of rotatable bonds is 13. The highest BCUT2D eigenvalue weighted by Crippen LogP contribution is 2.29. The zero-order valence-corrected chi connectivity index (χ0v) is 29.4. The van der Waals surface area contributed by atoms with Crippen LogP contribution < -0.4 is 21.3 Å². The number of carbonyl (C=O) groups excluding carboxylic acids is 5. The Balaban J connectivity index is -0.000000767. The highest BCUT2D eigenvalue weighted by Gasteiger charge is 2.40. The van der Waals surface area contributed by atoms with Gasteiger partial charge in [-0.3, -0.25) is 24.0 Å². The number of allylic oxidation sites excluding steroid dienone is 1. The molecule has 2 aliphatic rings. The van der Waals surface area contributed by atoms with Crippen LogP contribution in [0.3, 0.4) is 0 Å². The molecule has 3 unspecified atom stereocenters. The lowest BCUT2D eigenvalue weighted by molar-refractivity contribution is -0.142. The normalized spacial score (nSPS) is 16.7. The summed E-state index contributed by atoms with van der Waals surface area (Å²) in [5.74, 6) is -0.608. The first kappa shape index (κ1) is 46.0. The molecule has 256 valence electrons. The van der Waals surface area contributed by atoms with Gasteiger partial charge in [-0.25, -0.2) is 0 Å². The molecule has 0 aromatic carbocycles. The minimum atomic E-state index is -0.607. The molecule has 12 heteroatoms. The molecular weight excluding hydrogens is 605 g/mol. The minimum Gasteiger partial charge on any atom is -0.352 e. The number of aldehydes is 1. The Hall–Kier alpha value is -2.43. The van der Waals surface area contributed by atoms with Gasteiger partial charge in [0, 0.05) is 25.2 Å². The van der Waals surface area contributed by atoms with E-state index >= 15 is 0 Å². The Morgan fingerprint density at radius 1 is 0.955 bits per heavy atom. The van der Waals surface area contributed by atoms with Crippen molar-refractivity contribution in [2.75, 3.05) is 25.5 Å². The summed E-state index contributed by atoms with van der Waals surface area (Å²) in [5, 5.41) is 11.2. The summed E-state index contributed by atoms with van der Waals surface area (Å²) < 4.78 is 0.